The van der Waals surface area contributed by atoms with Gasteiger partial charge in [0.15, 0.2) is 0 Å². The van der Waals surface area contributed by atoms with Gasteiger partial charge in [0, 0.05) is 24.5 Å². The minimum absolute atomic E-state index is 0.601. The van der Waals surface area contributed by atoms with E-state index in [4.69, 9.17) is 0 Å². The Morgan fingerprint density at radius 3 is 2.88 bits per heavy atom. The van der Waals surface area contributed by atoms with E-state index in [2.05, 4.69) is 9.36 Å². The number of hydrogen-bond donors (Lipinski definition) is 1. The molecule has 0 amide bonds. The standard InChI is InChI=1S/C11H17N3O2S/c1-3-8-12-10(17-13-8)14-7-5-6-11(14,4-2)9(15)16/h3-7H2,1-2H3,(H,15,16). The van der Waals surface area contributed by atoms with E-state index in [-0.39, 0.29) is 0 Å². The number of nitrogens with zero attached hydrogens (tertiary/aromatic N) is 3. The van der Waals surface area contributed by atoms with Gasteiger partial charge >= 0.3 is 5.97 Å². The van der Waals surface area contributed by atoms with Gasteiger partial charge in [-0.1, -0.05) is 13.8 Å². The Labute approximate surface area is 105 Å². The van der Waals surface area contributed by atoms with Crippen LogP contribution in [0.5, 0.6) is 0 Å². The number of carboxylic acids is 1. The summed E-state index contributed by atoms with van der Waals surface area (Å²) >= 11 is 1.31. The number of rotatable bonds is 4. The van der Waals surface area contributed by atoms with E-state index in [9.17, 15) is 9.90 Å². The van der Waals surface area contributed by atoms with Gasteiger partial charge in [0.05, 0.1) is 0 Å². The average molecular weight is 255 g/mol. The number of aliphatic carboxylic acids is 1. The number of carboxylic acid groups (broad SMARTS) is 1. The predicted octanol–water partition coefficient (Wildman–Crippen LogP) is 1.93. The number of aryl methyl sites for hydroxylation is 1. The fourth-order valence-corrected chi connectivity index (χ4v) is 3.26. The molecule has 5 nitrogen and oxygen atoms in total. The van der Waals surface area contributed by atoms with Crippen LogP contribution in [-0.2, 0) is 11.2 Å². The van der Waals surface area contributed by atoms with E-state index in [1.807, 2.05) is 18.7 Å². The van der Waals surface area contributed by atoms with Crippen molar-refractivity contribution in [3.8, 4) is 0 Å². The van der Waals surface area contributed by atoms with Gasteiger partial charge in [-0.25, -0.2) is 9.78 Å². The lowest BCUT2D eigenvalue weighted by molar-refractivity contribution is -0.143. The van der Waals surface area contributed by atoms with Crippen molar-refractivity contribution < 1.29 is 9.90 Å². The molecule has 17 heavy (non-hydrogen) atoms. The van der Waals surface area contributed by atoms with Gasteiger partial charge in [0.1, 0.15) is 11.4 Å². The lowest BCUT2D eigenvalue weighted by Gasteiger charge is -2.33. The SMILES string of the molecule is CCc1nsc(N2CCCC2(CC)C(=O)O)n1. The van der Waals surface area contributed by atoms with E-state index in [0.717, 1.165) is 30.3 Å². The number of carbonyl (C=O) groups is 1. The van der Waals surface area contributed by atoms with Crippen LogP contribution >= 0.6 is 11.5 Å². The normalized spacial score (nSPS) is 24.2. The first-order chi connectivity index (χ1) is 8.14. The van der Waals surface area contributed by atoms with Gasteiger partial charge < -0.3 is 10.0 Å². The average Bonchev–Trinajstić information content (AvgIpc) is 2.95. The van der Waals surface area contributed by atoms with Crippen molar-refractivity contribution in [3.63, 3.8) is 0 Å². The molecule has 1 aromatic heterocycles. The van der Waals surface area contributed by atoms with Gasteiger partial charge in [-0.3, -0.25) is 0 Å². The van der Waals surface area contributed by atoms with Crippen LogP contribution in [0.3, 0.4) is 0 Å². The number of aromatic nitrogens is 2. The summed E-state index contributed by atoms with van der Waals surface area (Å²) in [7, 11) is 0. The third kappa shape index (κ3) is 1.90. The molecule has 2 heterocycles. The summed E-state index contributed by atoms with van der Waals surface area (Å²) in [6, 6.07) is 0. The van der Waals surface area contributed by atoms with E-state index in [0.29, 0.717) is 12.8 Å². The molecule has 0 aromatic carbocycles. The molecule has 1 saturated heterocycles. The summed E-state index contributed by atoms with van der Waals surface area (Å²) < 4.78 is 4.23. The van der Waals surface area contributed by atoms with Crippen LogP contribution in [0.1, 0.15) is 38.9 Å². The highest BCUT2D eigenvalue weighted by molar-refractivity contribution is 7.09. The quantitative estimate of drug-likeness (QED) is 0.890. The highest BCUT2D eigenvalue weighted by atomic mass is 32.1. The third-order valence-electron chi connectivity index (χ3n) is 3.48. The minimum atomic E-state index is -0.773. The molecular weight excluding hydrogens is 238 g/mol. The minimum Gasteiger partial charge on any atom is -0.479 e. The molecular formula is C11H17N3O2S. The highest BCUT2D eigenvalue weighted by Crippen LogP contribution is 2.37. The van der Waals surface area contributed by atoms with E-state index in [1.165, 1.54) is 11.5 Å². The monoisotopic (exact) mass is 255 g/mol. The van der Waals surface area contributed by atoms with Gasteiger partial charge in [-0.05, 0) is 19.3 Å². The molecule has 0 bridgehead atoms. The van der Waals surface area contributed by atoms with E-state index < -0.39 is 11.5 Å². The third-order valence-corrected chi connectivity index (χ3v) is 4.25. The summed E-state index contributed by atoms with van der Waals surface area (Å²) in [6.07, 6.45) is 2.99. The second kappa shape index (κ2) is 4.60. The second-order valence-electron chi connectivity index (χ2n) is 4.29. The lowest BCUT2D eigenvalue weighted by Crippen LogP contribution is -2.50. The Bertz CT molecular complexity index is 421. The maximum atomic E-state index is 11.5. The molecule has 1 N–H and O–H groups in total. The van der Waals surface area contributed by atoms with E-state index >= 15 is 0 Å². The first-order valence-corrected chi connectivity index (χ1v) is 6.75. The zero-order chi connectivity index (χ0) is 12.5. The topological polar surface area (TPSA) is 66.3 Å². The number of hydrogen-bond acceptors (Lipinski definition) is 5. The molecule has 0 spiro atoms. The molecule has 1 aromatic rings. The summed E-state index contributed by atoms with van der Waals surface area (Å²) in [5.74, 6) is 0.0537. The molecule has 0 saturated carbocycles. The second-order valence-corrected chi connectivity index (χ2v) is 5.02. The van der Waals surface area contributed by atoms with Crippen molar-refractivity contribution in [2.24, 2.45) is 0 Å². The molecule has 94 valence electrons. The van der Waals surface area contributed by atoms with Crippen molar-refractivity contribution >= 4 is 22.6 Å². The van der Waals surface area contributed by atoms with Gasteiger partial charge in [-0.2, -0.15) is 4.37 Å². The van der Waals surface area contributed by atoms with Gasteiger partial charge in [0.25, 0.3) is 0 Å². The van der Waals surface area contributed by atoms with Crippen molar-refractivity contribution in [2.75, 3.05) is 11.4 Å². The fourth-order valence-electron chi connectivity index (χ4n) is 2.40. The largest absolute Gasteiger partial charge is 0.479 e. The Morgan fingerprint density at radius 1 is 1.59 bits per heavy atom. The van der Waals surface area contributed by atoms with Crippen LogP contribution in [0.25, 0.3) is 0 Å². The summed E-state index contributed by atoms with van der Waals surface area (Å²) in [6.45, 7) is 4.69. The zero-order valence-corrected chi connectivity index (χ0v) is 11.0. The molecule has 0 radical (unpaired) electrons. The molecule has 1 aliphatic heterocycles. The van der Waals surface area contributed by atoms with Crippen LogP contribution in [-0.4, -0.2) is 32.5 Å². The molecule has 1 fully saturated rings. The van der Waals surface area contributed by atoms with E-state index in [1.54, 1.807) is 0 Å². The van der Waals surface area contributed by atoms with Crippen molar-refractivity contribution in [3.05, 3.63) is 5.82 Å². The van der Waals surface area contributed by atoms with Crippen molar-refractivity contribution in [2.45, 2.75) is 45.1 Å². The van der Waals surface area contributed by atoms with Crippen LogP contribution in [0, 0.1) is 0 Å². The summed E-state index contributed by atoms with van der Waals surface area (Å²) in [5, 5.41) is 10.2. The van der Waals surface area contributed by atoms with Crippen LogP contribution in [0.15, 0.2) is 0 Å². The van der Waals surface area contributed by atoms with Crippen LogP contribution < -0.4 is 4.90 Å². The molecule has 1 unspecified atom stereocenters. The first-order valence-electron chi connectivity index (χ1n) is 5.97. The molecule has 6 heteroatoms. The van der Waals surface area contributed by atoms with Crippen molar-refractivity contribution in [1.29, 1.82) is 0 Å². The maximum absolute atomic E-state index is 11.5. The Hall–Kier alpha value is -1.17. The Kier molecular flexibility index (Phi) is 3.33. The molecule has 1 atom stereocenters. The predicted molar refractivity (Wildman–Crippen MR) is 66.5 cm³/mol. The van der Waals surface area contributed by atoms with Crippen LogP contribution in [0.2, 0.25) is 0 Å². The first kappa shape index (κ1) is 12.3. The van der Waals surface area contributed by atoms with Gasteiger partial charge in [0.2, 0.25) is 5.13 Å². The molecule has 0 aliphatic carbocycles. The summed E-state index contributed by atoms with van der Waals surface area (Å²) in [4.78, 5) is 17.9. The highest BCUT2D eigenvalue weighted by Gasteiger charge is 2.47. The zero-order valence-electron chi connectivity index (χ0n) is 10.1. The Morgan fingerprint density at radius 2 is 2.35 bits per heavy atom. The molecule has 2 rings (SSSR count). The fraction of sp³-hybridized carbons (Fsp3) is 0.727. The lowest BCUT2D eigenvalue weighted by atomic mass is 9.93. The Balaban J connectivity index is 2.33. The summed E-state index contributed by atoms with van der Waals surface area (Å²) in [5.41, 5.74) is -0.773. The smallest absolute Gasteiger partial charge is 0.329 e. The number of anilines is 1. The molecule has 1 aliphatic rings. The van der Waals surface area contributed by atoms with Gasteiger partial charge in [-0.15, -0.1) is 0 Å². The van der Waals surface area contributed by atoms with Crippen LogP contribution in [0.4, 0.5) is 5.13 Å². The maximum Gasteiger partial charge on any atom is 0.329 e. The van der Waals surface area contributed by atoms with Crippen molar-refractivity contribution in [1.82, 2.24) is 9.36 Å².